The zero-order valence-electron chi connectivity index (χ0n) is 20.5. The lowest BCUT2D eigenvalue weighted by atomic mass is 10.1. The molecule has 0 saturated carbocycles. The number of anilines is 5. The molecule has 5 N–H and O–H groups in total. The number of nitrogens with zero attached hydrogens (tertiary/aromatic N) is 3. The zero-order valence-corrected chi connectivity index (χ0v) is 21.3. The average Bonchev–Trinajstić information content (AvgIpc) is 3.32. The minimum Gasteiger partial charge on any atom is -0.760 e. The number of nitrogens with two attached hydrogens (primary N) is 1. The predicted molar refractivity (Wildman–Crippen MR) is 144 cm³/mol. The van der Waals surface area contributed by atoms with E-state index in [1.165, 1.54) is 16.8 Å². The first-order valence-electron chi connectivity index (χ1n) is 11.5. The minimum absolute atomic E-state index is 0.552. The van der Waals surface area contributed by atoms with Gasteiger partial charge in [-0.05, 0) is 61.7 Å². The maximum Gasteiger partial charge on any atom is 0.231 e. The number of H-pyrrole nitrogens is 1. The van der Waals surface area contributed by atoms with Crippen molar-refractivity contribution in [3.63, 3.8) is 0 Å². The van der Waals surface area contributed by atoms with Crippen LogP contribution in [0.25, 0.3) is 11.0 Å². The fourth-order valence-electron chi connectivity index (χ4n) is 4.15. The van der Waals surface area contributed by atoms with Gasteiger partial charge in [-0.3, -0.25) is 9.35 Å². The fraction of sp³-hybridized carbons (Fsp3) is 0.280. The molecule has 1 saturated heterocycles. The monoisotopic (exact) mass is 508 g/mol. The Kier molecular flexibility index (Phi) is 8.16. The number of aromatic amines is 1. The van der Waals surface area contributed by atoms with Crippen LogP contribution in [-0.4, -0.2) is 50.0 Å². The Labute approximate surface area is 212 Å². The average molecular weight is 509 g/mol. The molecule has 2 aromatic carbocycles. The molecule has 10 nitrogen and oxygen atoms in total. The first-order chi connectivity index (χ1) is 17.3. The van der Waals surface area contributed by atoms with Crippen LogP contribution >= 0.6 is 0 Å². The van der Waals surface area contributed by atoms with Crippen molar-refractivity contribution in [3.8, 4) is 0 Å². The van der Waals surface area contributed by atoms with Crippen LogP contribution in [0.3, 0.4) is 0 Å². The van der Waals surface area contributed by atoms with Gasteiger partial charge in [0, 0.05) is 47.6 Å². The topological polar surface area (TPSA) is 144 Å². The van der Waals surface area contributed by atoms with Gasteiger partial charge in [0.2, 0.25) is 5.95 Å². The summed E-state index contributed by atoms with van der Waals surface area (Å²) in [6, 6.07) is 14.7. The standard InChI is InChI=1S/C25H28N6O.H3NO2S/c1-16-5-4-6-17(2)22(16)28-24-20-9-10-26-23(20)29-25(30-24)27-21-8-7-19(15-18(21)3)31-11-13-32-14-12-31;1-4(2)3/h4-10,15H,11-14H2,1-3H3,(H3,26,27,28,29,30);1H2,(H,2,3)/p-1. The summed E-state index contributed by atoms with van der Waals surface area (Å²) in [5.41, 5.74) is 7.58. The Morgan fingerprint density at radius 1 is 1.03 bits per heavy atom. The van der Waals surface area contributed by atoms with E-state index in [0.29, 0.717) is 5.95 Å². The highest BCUT2D eigenvalue weighted by Crippen LogP contribution is 2.30. The number of aryl methyl sites for hydroxylation is 3. The van der Waals surface area contributed by atoms with E-state index in [2.05, 4.69) is 87.8 Å². The molecule has 1 unspecified atom stereocenters. The van der Waals surface area contributed by atoms with E-state index in [0.717, 1.165) is 60.1 Å². The molecule has 0 spiro atoms. The van der Waals surface area contributed by atoms with Crippen molar-refractivity contribution in [3.05, 3.63) is 65.4 Å². The van der Waals surface area contributed by atoms with E-state index in [-0.39, 0.29) is 0 Å². The molecule has 0 aliphatic carbocycles. The second-order valence-electron chi connectivity index (χ2n) is 8.51. The maximum absolute atomic E-state index is 8.78. The maximum atomic E-state index is 8.78. The van der Waals surface area contributed by atoms with Crippen LogP contribution in [0.15, 0.2) is 48.7 Å². The van der Waals surface area contributed by atoms with E-state index in [1.54, 1.807) is 0 Å². The number of hydrogen-bond acceptors (Lipinski definition) is 8. The Bertz CT molecular complexity index is 1350. The van der Waals surface area contributed by atoms with Crippen molar-refractivity contribution >= 4 is 51.1 Å². The van der Waals surface area contributed by atoms with Crippen LogP contribution in [0.2, 0.25) is 0 Å². The van der Waals surface area contributed by atoms with Gasteiger partial charge in [0.05, 0.1) is 18.6 Å². The minimum atomic E-state index is -2.36. The number of fused-ring (bicyclic) bond motifs is 1. The Morgan fingerprint density at radius 2 is 1.72 bits per heavy atom. The first-order valence-corrected chi connectivity index (χ1v) is 12.7. The van der Waals surface area contributed by atoms with Gasteiger partial charge in [-0.1, -0.05) is 18.2 Å². The van der Waals surface area contributed by atoms with Gasteiger partial charge >= 0.3 is 0 Å². The van der Waals surface area contributed by atoms with Crippen molar-refractivity contribution < 1.29 is 13.5 Å². The van der Waals surface area contributed by atoms with Crippen LogP contribution in [0, 0.1) is 20.8 Å². The molecule has 2 aromatic heterocycles. The smallest absolute Gasteiger partial charge is 0.231 e. The molecule has 11 heteroatoms. The number of para-hydroxylation sites is 1. The summed E-state index contributed by atoms with van der Waals surface area (Å²) < 4.78 is 23.0. The normalized spacial score (nSPS) is 14.2. The van der Waals surface area contributed by atoms with Crippen molar-refractivity contribution in [1.82, 2.24) is 15.0 Å². The van der Waals surface area contributed by atoms with E-state index in [9.17, 15) is 0 Å². The molecule has 0 bridgehead atoms. The molecular weight excluding hydrogens is 478 g/mol. The van der Waals surface area contributed by atoms with Crippen LogP contribution < -0.4 is 20.7 Å². The number of ether oxygens (including phenoxy) is 1. The van der Waals surface area contributed by atoms with Crippen molar-refractivity contribution in [1.29, 1.82) is 0 Å². The van der Waals surface area contributed by atoms with E-state index < -0.39 is 11.3 Å². The van der Waals surface area contributed by atoms with E-state index >= 15 is 0 Å². The van der Waals surface area contributed by atoms with E-state index in [1.807, 2.05) is 12.3 Å². The molecule has 4 aromatic rings. The molecule has 1 fully saturated rings. The first kappa shape index (κ1) is 25.6. The van der Waals surface area contributed by atoms with Gasteiger partial charge in [-0.25, -0.2) is 0 Å². The summed E-state index contributed by atoms with van der Waals surface area (Å²) in [6.45, 7) is 9.71. The number of hydrogen-bond donors (Lipinski definition) is 4. The Morgan fingerprint density at radius 3 is 2.39 bits per heavy atom. The highest BCUT2D eigenvalue weighted by molar-refractivity contribution is 7.76. The van der Waals surface area contributed by atoms with Gasteiger partial charge in [0.15, 0.2) is 0 Å². The van der Waals surface area contributed by atoms with Crippen molar-refractivity contribution in [2.45, 2.75) is 20.8 Å². The molecule has 36 heavy (non-hydrogen) atoms. The molecule has 0 radical (unpaired) electrons. The third-order valence-electron chi connectivity index (χ3n) is 5.97. The number of nitrogens with one attached hydrogen (secondary N) is 3. The van der Waals surface area contributed by atoms with Gasteiger partial charge in [-0.15, -0.1) is 0 Å². The molecule has 1 atom stereocenters. The number of rotatable bonds is 5. The third-order valence-corrected chi connectivity index (χ3v) is 5.97. The van der Waals surface area contributed by atoms with Gasteiger partial charge in [0.25, 0.3) is 0 Å². The Hall–Kier alpha value is -3.51. The van der Waals surface area contributed by atoms with Gasteiger partial charge in [-0.2, -0.15) is 9.97 Å². The summed E-state index contributed by atoms with van der Waals surface area (Å²) in [4.78, 5) is 15.1. The molecule has 3 heterocycles. The lowest BCUT2D eigenvalue weighted by Crippen LogP contribution is -2.36. The molecular formula is C25H30N7O3S-. The molecule has 0 amide bonds. The van der Waals surface area contributed by atoms with Crippen molar-refractivity contribution in [2.24, 2.45) is 5.14 Å². The predicted octanol–water partition coefficient (Wildman–Crippen LogP) is 3.95. The van der Waals surface area contributed by atoms with Crippen LogP contribution in [0.4, 0.5) is 28.8 Å². The lowest BCUT2D eigenvalue weighted by Gasteiger charge is -2.29. The summed E-state index contributed by atoms with van der Waals surface area (Å²) in [5, 5.41) is 11.9. The zero-order chi connectivity index (χ0) is 25.7. The molecule has 5 rings (SSSR count). The van der Waals surface area contributed by atoms with Crippen molar-refractivity contribution in [2.75, 3.05) is 41.8 Å². The molecule has 1 aliphatic rings. The summed E-state index contributed by atoms with van der Waals surface area (Å²) in [6.07, 6.45) is 1.89. The highest BCUT2D eigenvalue weighted by Gasteiger charge is 2.14. The highest BCUT2D eigenvalue weighted by atomic mass is 32.2. The lowest BCUT2D eigenvalue weighted by molar-refractivity contribution is 0.122. The van der Waals surface area contributed by atoms with Crippen LogP contribution in [-0.2, 0) is 16.0 Å². The summed E-state index contributed by atoms with van der Waals surface area (Å²) in [5.74, 6) is 1.33. The second kappa shape index (κ2) is 11.5. The molecule has 190 valence electrons. The SMILES string of the molecule is Cc1cc(N2CCOCC2)ccc1Nc1nc(Nc2c(C)cccc2C)c2cc[nH]c2n1.NS(=O)[O-]. The fourth-order valence-corrected chi connectivity index (χ4v) is 4.15. The Balaban J connectivity index is 0.000000709. The van der Waals surface area contributed by atoms with Gasteiger partial charge < -0.3 is 29.8 Å². The second-order valence-corrected chi connectivity index (χ2v) is 9.03. The largest absolute Gasteiger partial charge is 0.760 e. The summed E-state index contributed by atoms with van der Waals surface area (Å²) in [7, 11) is 0. The summed E-state index contributed by atoms with van der Waals surface area (Å²) >= 11 is -2.36. The van der Waals surface area contributed by atoms with E-state index in [4.69, 9.17) is 18.5 Å². The van der Waals surface area contributed by atoms with Crippen LogP contribution in [0.5, 0.6) is 0 Å². The van der Waals surface area contributed by atoms with Crippen LogP contribution in [0.1, 0.15) is 16.7 Å². The number of aromatic nitrogens is 3. The number of morpholine rings is 1. The van der Waals surface area contributed by atoms with Gasteiger partial charge in [0.1, 0.15) is 11.5 Å². The number of benzene rings is 2. The third kappa shape index (κ3) is 6.18. The quantitative estimate of drug-likeness (QED) is 0.297. The molecule has 1 aliphatic heterocycles.